The molecule has 3 atom stereocenters. The molecular weight excluding hydrogens is 616 g/mol. The van der Waals surface area contributed by atoms with Crippen LogP contribution in [0.25, 0.3) is 11.1 Å². The number of thioether (sulfide) groups is 1. The molecule has 1 amide bonds. The van der Waals surface area contributed by atoms with Crippen LogP contribution in [0, 0.1) is 0 Å². The number of aliphatic carboxylic acids is 1. The summed E-state index contributed by atoms with van der Waals surface area (Å²) in [4.78, 5) is 23.1. The van der Waals surface area contributed by atoms with Crippen LogP contribution < -0.4 is 5.32 Å². The zero-order chi connectivity index (χ0) is 33.0. The topological polar surface area (TPSA) is 136 Å². The van der Waals surface area contributed by atoms with E-state index in [2.05, 4.69) is 33.7 Å². The van der Waals surface area contributed by atoms with Gasteiger partial charge in [-0.2, -0.15) is 0 Å². The number of carbonyl (C=O) groups is 2. The second kappa shape index (κ2) is 17.2. The number of ether oxygens (including phenoxy) is 2. The van der Waals surface area contributed by atoms with Crippen LogP contribution >= 0.6 is 11.8 Å². The molecule has 10 nitrogen and oxygen atoms in total. The largest absolute Gasteiger partial charge is 0.481 e. The summed E-state index contributed by atoms with van der Waals surface area (Å²) in [5.41, 5.74) is 5.89. The number of nitrogens with zero attached hydrogens (tertiary/aromatic N) is 3. The predicted molar refractivity (Wildman–Crippen MR) is 179 cm³/mol. The quantitative estimate of drug-likeness (QED) is 0.0929. The third-order valence-corrected chi connectivity index (χ3v) is 9.38. The van der Waals surface area contributed by atoms with Crippen molar-refractivity contribution in [1.82, 2.24) is 20.1 Å². The number of aliphatic hydroxyl groups excluding tert-OH is 1. The van der Waals surface area contributed by atoms with Crippen LogP contribution in [-0.4, -0.2) is 48.7 Å². The van der Waals surface area contributed by atoms with E-state index in [0.717, 1.165) is 57.8 Å². The van der Waals surface area contributed by atoms with Gasteiger partial charge in [0.25, 0.3) is 0 Å². The number of rotatable bonds is 16. The van der Waals surface area contributed by atoms with E-state index in [1.807, 2.05) is 66.2 Å². The zero-order valence-electron chi connectivity index (χ0n) is 26.6. The molecule has 3 N–H and O–H groups in total. The minimum atomic E-state index is -0.778. The first kappa shape index (κ1) is 34.3. The number of nitrogens with one attached hydrogen (secondary N) is 1. The molecule has 1 aromatic heterocycles. The molecule has 0 bridgehead atoms. The average Bonchev–Trinajstić information content (AvgIpc) is 3.52. The molecular formula is C36H42N4O6S. The van der Waals surface area contributed by atoms with E-state index in [4.69, 9.17) is 14.6 Å². The Bertz CT molecular complexity index is 1590. The molecule has 47 heavy (non-hydrogen) atoms. The van der Waals surface area contributed by atoms with Crippen LogP contribution in [0.5, 0.6) is 0 Å². The minimum Gasteiger partial charge on any atom is -0.481 e. The van der Waals surface area contributed by atoms with Gasteiger partial charge < -0.3 is 29.6 Å². The maximum absolute atomic E-state index is 12.5. The monoisotopic (exact) mass is 658 g/mol. The van der Waals surface area contributed by atoms with Gasteiger partial charge >= 0.3 is 5.97 Å². The van der Waals surface area contributed by atoms with Crippen molar-refractivity contribution in [1.29, 1.82) is 0 Å². The van der Waals surface area contributed by atoms with Gasteiger partial charge in [-0.05, 0) is 40.7 Å². The highest BCUT2D eigenvalue weighted by molar-refractivity contribution is 7.99. The molecule has 11 heteroatoms. The molecule has 0 radical (unpaired) electrons. The molecule has 248 valence electrons. The number of aryl methyl sites for hydroxylation is 1. The van der Waals surface area contributed by atoms with Crippen molar-refractivity contribution in [2.75, 3.05) is 5.75 Å². The van der Waals surface area contributed by atoms with Crippen molar-refractivity contribution in [2.45, 2.75) is 81.8 Å². The number of carboxylic acid groups (broad SMARTS) is 1. The second-order valence-electron chi connectivity index (χ2n) is 11.7. The number of hydrogen-bond acceptors (Lipinski definition) is 8. The number of hydrogen-bond donors (Lipinski definition) is 3. The summed E-state index contributed by atoms with van der Waals surface area (Å²) in [7, 11) is 1.92. The molecule has 3 aromatic carbocycles. The van der Waals surface area contributed by atoms with E-state index in [9.17, 15) is 14.7 Å². The highest BCUT2D eigenvalue weighted by Crippen LogP contribution is 2.40. The van der Waals surface area contributed by atoms with Gasteiger partial charge in [-0.1, -0.05) is 97.4 Å². The number of aromatic nitrogens is 3. The van der Waals surface area contributed by atoms with Gasteiger partial charge in [-0.25, -0.2) is 0 Å². The fourth-order valence-corrected chi connectivity index (χ4v) is 6.47. The van der Waals surface area contributed by atoms with Crippen LogP contribution in [0.4, 0.5) is 0 Å². The fraction of sp³-hybridized carbons (Fsp3) is 0.389. The molecule has 4 aromatic rings. The Labute approximate surface area is 279 Å². The zero-order valence-corrected chi connectivity index (χ0v) is 27.4. The van der Waals surface area contributed by atoms with E-state index < -0.39 is 12.3 Å². The highest BCUT2D eigenvalue weighted by Gasteiger charge is 2.32. The maximum atomic E-state index is 12.5. The predicted octanol–water partition coefficient (Wildman–Crippen LogP) is 6.35. The lowest BCUT2D eigenvalue weighted by Gasteiger charge is -2.36. The van der Waals surface area contributed by atoms with E-state index in [-0.39, 0.29) is 31.1 Å². The number of carboxylic acids is 1. The molecule has 1 aliphatic rings. The molecule has 0 unspecified atom stereocenters. The summed E-state index contributed by atoms with van der Waals surface area (Å²) in [6.07, 6.45) is 5.18. The molecule has 0 spiro atoms. The summed E-state index contributed by atoms with van der Waals surface area (Å²) in [5, 5.41) is 30.3. The van der Waals surface area contributed by atoms with Crippen molar-refractivity contribution in [3.63, 3.8) is 0 Å². The number of aliphatic hydroxyl groups is 1. The van der Waals surface area contributed by atoms with Gasteiger partial charge in [-0.3, -0.25) is 9.59 Å². The Morgan fingerprint density at radius 1 is 0.936 bits per heavy atom. The maximum Gasteiger partial charge on any atom is 0.303 e. The standard InChI is InChI=1S/C36H42N4O6S/c1-40-24-38-39-36(40)47-23-30-20-32(27-14-12-25(22-41)13-15-27)46-35(45-30)28-18-16-26(17-19-28)31-9-7-6-8-29(31)21-37-33(42)10-4-2-3-5-11-34(43)44/h6-9,12-19,24,30,32,35,41H,2-5,10-11,20-23H2,1H3,(H,37,42)(H,43,44)/t30-,32+,35+/m1/s1. The number of benzene rings is 3. The summed E-state index contributed by atoms with van der Waals surface area (Å²) in [6, 6.07) is 24.1. The Hall–Kier alpha value is -4.03. The van der Waals surface area contributed by atoms with E-state index in [1.165, 1.54) is 0 Å². The normalized spacial score (nSPS) is 17.8. The third-order valence-electron chi connectivity index (χ3n) is 8.21. The minimum absolute atomic E-state index is 0.00602. The number of carbonyl (C=O) groups excluding carboxylic acids is 1. The van der Waals surface area contributed by atoms with Crippen LogP contribution in [-0.2, 0) is 39.3 Å². The number of unbranched alkanes of at least 4 members (excludes halogenated alkanes) is 3. The van der Waals surface area contributed by atoms with Crippen molar-refractivity contribution in [3.8, 4) is 11.1 Å². The van der Waals surface area contributed by atoms with Gasteiger partial charge in [0.1, 0.15) is 6.33 Å². The van der Waals surface area contributed by atoms with Gasteiger partial charge in [0.05, 0.1) is 18.8 Å². The van der Waals surface area contributed by atoms with Crippen LogP contribution in [0.3, 0.4) is 0 Å². The highest BCUT2D eigenvalue weighted by atomic mass is 32.2. The van der Waals surface area contributed by atoms with Crippen LogP contribution in [0.2, 0.25) is 0 Å². The summed E-state index contributed by atoms with van der Waals surface area (Å²) >= 11 is 1.60. The fourth-order valence-electron chi connectivity index (χ4n) is 5.57. The van der Waals surface area contributed by atoms with Gasteiger partial charge in [0, 0.05) is 44.2 Å². The van der Waals surface area contributed by atoms with E-state index in [0.29, 0.717) is 31.6 Å². The SMILES string of the molecule is Cn1cnnc1SC[C@H]1C[C@@H](c2ccc(CO)cc2)O[C@@H](c2ccc(-c3ccccc3CNC(=O)CCCCCCC(=O)O)cc2)O1. The lowest BCUT2D eigenvalue weighted by molar-refractivity contribution is -0.245. The van der Waals surface area contributed by atoms with Crippen molar-refractivity contribution >= 4 is 23.6 Å². The Morgan fingerprint density at radius 2 is 1.66 bits per heavy atom. The summed E-state index contributed by atoms with van der Waals surface area (Å²) < 4.78 is 14.9. The Morgan fingerprint density at radius 3 is 2.36 bits per heavy atom. The molecule has 5 rings (SSSR count). The average molecular weight is 659 g/mol. The second-order valence-corrected chi connectivity index (χ2v) is 12.7. The van der Waals surface area contributed by atoms with Crippen LogP contribution in [0.1, 0.15) is 79.6 Å². The first-order chi connectivity index (χ1) is 22.9. The van der Waals surface area contributed by atoms with Crippen molar-refractivity contribution in [2.24, 2.45) is 7.05 Å². The molecule has 0 saturated carbocycles. The van der Waals surface area contributed by atoms with Crippen molar-refractivity contribution in [3.05, 3.63) is 101 Å². The first-order valence-corrected chi connectivity index (χ1v) is 17.0. The van der Waals surface area contributed by atoms with Gasteiger partial charge in [0.15, 0.2) is 11.4 Å². The molecule has 0 aliphatic carbocycles. The molecule has 1 fully saturated rings. The van der Waals surface area contributed by atoms with Gasteiger partial charge in [0.2, 0.25) is 5.91 Å². The lowest BCUT2D eigenvalue weighted by Crippen LogP contribution is -2.31. The molecule has 1 saturated heterocycles. The van der Waals surface area contributed by atoms with E-state index >= 15 is 0 Å². The third kappa shape index (κ3) is 9.98. The van der Waals surface area contributed by atoms with Gasteiger partial charge in [-0.15, -0.1) is 10.2 Å². The summed E-state index contributed by atoms with van der Waals surface area (Å²) in [5.74, 6) is -0.0906. The van der Waals surface area contributed by atoms with Crippen LogP contribution in [0.15, 0.2) is 84.3 Å². The van der Waals surface area contributed by atoms with Crippen molar-refractivity contribution < 1.29 is 29.3 Å². The number of amides is 1. The Balaban J connectivity index is 1.23. The Kier molecular flexibility index (Phi) is 12.6. The van der Waals surface area contributed by atoms with E-state index in [1.54, 1.807) is 18.1 Å². The summed E-state index contributed by atoms with van der Waals surface area (Å²) in [6.45, 7) is 0.417. The molecule has 1 aliphatic heterocycles. The lowest BCUT2D eigenvalue weighted by atomic mass is 9.97. The first-order valence-electron chi connectivity index (χ1n) is 16.0. The molecule has 2 heterocycles. The smallest absolute Gasteiger partial charge is 0.303 e.